The van der Waals surface area contributed by atoms with Crippen LogP contribution < -0.4 is 0 Å². The number of rotatable bonds is 6. The molecule has 7 heteroatoms. The largest absolute Gasteiger partial charge is 0.456 e. The van der Waals surface area contributed by atoms with E-state index in [2.05, 4.69) is 42.5 Å². The molecule has 4 aromatic heterocycles. The van der Waals surface area contributed by atoms with Gasteiger partial charge in [-0.3, -0.25) is 0 Å². The first-order chi connectivity index (χ1) is 27.7. The van der Waals surface area contributed by atoms with Gasteiger partial charge in [0.1, 0.15) is 28.0 Å². The Balaban J connectivity index is 1.14. The van der Waals surface area contributed by atoms with Gasteiger partial charge in [0.15, 0.2) is 28.9 Å². The lowest BCUT2D eigenvalue weighted by molar-refractivity contribution is 0.667. The maximum Gasteiger partial charge on any atom is 0.180 e. The number of fused-ring (bicyclic) bond motifs is 6. The Morgan fingerprint density at radius 1 is 0.304 bits per heavy atom. The highest BCUT2D eigenvalue weighted by Crippen LogP contribution is 2.42. The number of hydrogen-bond donors (Lipinski definition) is 0. The second kappa shape index (κ2) is 13.0. The van der Waals surface area contributed by atoms with Gasteiger partial charge in [0.25, 0.3) is 0 Å². The molecule has 56 heavy (non-hydrogen) atoms. The van der Waals surface area contributed by atoms with E-state index in [-0.39, 0.29) is 0 Å². The molecule has 0 amide bonds. The van der Waals surface area contributed by atoms with E-state index in [0.717, 1.165) is 71.9 Å². The van der Waals surface area contributed by atoms with Gasteiger partial charge in [-0.15, -0.1) is 0 Å². The summed E-state index contributed by atoms with van der Waals surface area (Å²) in [6.07, 6.45) is 0. The first-order valence-corrected chi connectivity index (χ1v) is 18.4. The van der Waals surface area contributed by atoms with Crippen LogP contribution in [0.3, 0.4) is 0 Å². The molecule has 0 saturated heterocycles. The number of aromatic nitrogens is 5. The van der Waals surface area contributed by atoms with E-state index in [0.29, 0.717) is 40.0 Å². The van der Waals surface area contributed by atoms with Crippen molar-refractivity contribution in [2.24, 2.45) is 0 Å². The SMILES string of the molecule is c1ccc(-c2ccc(-c3nc(-c4ccccc4)nc(-c4cccc5oc6cccc(-c7nc(-c8ccccc8)c8oc9ccccc9c8n7)c6c45)n3)cc2)cc1. The van der Waals surface area contributed by atoms with Gasteiger partial charge in [0.2, 0.25) is 0 Å². The van der Waals surface area contributed by atoms with Crippen LogP contribution in [0.2, 0.25) is 0 Å². The Labute approximate surface area is 320 Å². The van der Waals surface area contributed by atoms with Crippen LogP contribution in [0.4, 0.5) is 0 Å². The fourth-order valence-corrected chi connectivity index (χ4v) is 7.53. The fraction of sp³-hybridized carbons (Fsp3) is 0. The van der Waals surface area contributed by atoms with E-state index < -0.39 is 0 Å². The molecular formula is C49H29N5O2. The van der Waals surface area contributed by atoms with Crippen molar-refractivity contribution in [2.75, 3.05) is 0 Å². The summed E-state index contributed by atoms with van der Waals surface area (Å²) in [6, 6.07) is 58.8. The van der Waals surface area contributed by atoms with Crippen molar-refractivity contribution in [3.05, 3.63) is 176 Å². The molecule has 0 saturated carbocycles. The van der Waals surface area contributed by atoms with Gasteiger partial charge in [-0.2, -0.15) is 0 Å². The minimum absolute atomic E-state index is 0.534. The average Bonchev–Trinajstić information content (AvgIpc) is 3.86. The summed E-state index contributed by atoms with van der Waals surface area (Å²) in [5.74, 6) is 2.25. The molecule has 0 radical (unpaired) electrons. The predicted molar refractivity (Wildman–Crippen MR) is 223 cm³/mol. The topological polar surface area (TPSA) is 90.7 Å². The van der Waals surface area contributed by atoms with Crippen molar-refractivity contribution in [3.8, 4) is 67.9 Å². The zero-order chi connectivity index (χ0) is 37.0. The molecule has 0 unspecified atom stereocenters. The van der Waals surface area contributed by atoms with Crippen molar-refractivity contribution in [1.82, 2.24) is 24.9 Å². The molecule has 262 valence electrons. The summed E-state index contributed by atoms with van der Waals surface area (Å²) in [4.78, 5) is 25.7. The molecule has 0 bridgehead atoms. The van der Waals surface area contributed by atoms with E-state index >= 15 is 0 Å². The fourth-order valence-electron chi connectivity index (χ4n) is 7.53. The van der Waals surface area contributed by atoms with Crippen LogP contribution in [0.1, 0.15) is 0 Å². The second-order valence-corrected chi connectivity index (χ2v) is 13.6. The minimum atomic E-state index is 0.534. The van der Waals surface area contributed by atoms with Crippen molar-refractivity contribution in [3.63, 3.8) is 0 Å². The smallest absolute Gasteiger partial charge is 0.180 e. The van der Waals surface area contributed by atoms with E-state index in [4.69, 9.17) is 33.8 Å². The number of benzene rings is 7. The Morgan fingerprint density at radius 2 is 0.768 bits per heavy atom. The lowest BCUT2D eigenvalue weighted by atomic mass is 10.0. The highest BCUT2D eigenvalue weighted by molar-refractivity contribution is 6.17. The Morgan fingerprint density at radius 3 is 1.41 bits per heavy atom. The molecule has 0 aliphatic rings. The first kappa shape index (κ1) is 31.7. The van der Waals surface area contributed by atoms with Crippen LogP contribution >= 0.6 is 0 Å². The maximum absolute atomic E-state index is 6.57. The lowest BCUT2D eigenvalue weighted by Gasteiger charge is -2.11. The van der Waals surface area contributed by atoms with Gasteiger partial charge in [-0.05, 0) is 35.4 Å². The Bertz CT molecular complexity index is 3230. The normalized spacial score (nSPS) is 11.6. The highest BCUT2D eigenvalue weighted by atomic mass is 16.3. The number of para-hydroxylation sites is 1. The summed E-state index contributed by atoms with van der Waals surface area (Å²) >= 11 is 0. The molecular weight excluding hydrogens is 691 g/mol. The van der Waals surface area contributed by atoms with Crippen molar-refractivity contribution < 1.29 is 8.83 Å². The Kier molecular flexibility index (Phi) is 7.35. The lowest BCUT2D eigenvalue weighted by Crippen LogP contribution is -2.00. The van der Waals surface area contributed by atoms with Gasteiger partial charge in [0.05, 0.1) is 0 Å². The van der Waals surface area contributed by atoms with Gasteiger partial charge in [-0.25, -0.2) is 24.9 Å². The summed E-state index contributed by atoms with van der Waals surface area (Å²) < 4.78 is 13.0. The molecule has 0 atom stereocenters. The Hall–Kier alpha value is -7.77. The standard InChI is InChI=1S/C49H29N5O2/c1-4-14-30(15-5-1)31-26-28-34(29-27-31)47-52-46(33-18-8-3-9-19-33)53-49(54-47)37-22-13-25-40-42(37)41-36(21-12-24-39(41)55-40)48-50-43(32-16-6-2-7-17-32)45-44(51-48)35-20-10-11-23-38(35)56-45/h1-29H. The number of hydrogen-bond acceptors (Lipinski definition) is 7. The molecule has 0 aliphatic heterocycles. The highest BCUT2D eigenvalue weighted by Gasteiger charge is 2.23. The van der Waals surface area contributed by atoms with Crippen LogP contribution in [0.5, 0.6) is 0 Å². The number of nitrogens with zero attached hydrogens (tertiary/aromatic N) is 5. The quantitative estimate of drug-likeness (QED) is 0.169. The van der Waals surface area contributed by atoms with Crippen LogP contribution in [-0.4, -0.2) is 24.9 Å². The summed E-state index contributed by atoms with van der Waals surface area (Å²) in [5.41, 5.74) is 10.9. The third-order valence-electron chi connectivity index (χ3n) is 10.2. The van der Waals surface area contributed by atoms with Crippen molar-refractivity contribution in [2.45, 2.75) is 0 Å². The van der Waals surface area contributed by atoms with Crippen LogP contribution in [0.25, 0.3) is 112 Å². The van der Waals surface area contributed by atoms with E-state index in [1.54, 1.807) is 0 Å². The predicted octanol–water partition coefficient (Wildman–Crippen LogP) is 12.5. The van der Waals surface area contributed by atoms with Crippen LogP contribution in [0.15, 0.2) is 185 Å². The van der Waals surface area contributed by atoms with E-state index in [1.165, 1.54) is 0 Å². The third-order valence-corrected chi connectivity index (χ3v) is 10.2. The number of furan rings is 2. The third kappa shape index (κ3) is 5.33. The minimum Gasteiger partial charge on any atom is -0.456 e. The van der Waals surface area contributed by atoms with Gasteiger partial charge < -0.3 is 8.83 Å². The average molecular weight is 720 g/mol. The van der Waals surface area contributed by atoms with Crippen molar-refractivity contribution in [1.29, 1.82) is 0 Å². The molecule has 0 aliphatic carbocycles. The van der Waals surface area contributed by atoms with Crippen molar-refractivity contribution >= 4 is 44.0 Å². The molecule has 11 aromatic rings. The van der Waals surface area contributed by atoms with Crippen LogP contribution in [-0.2, 0) is 0 Å². The monoisotopic (exact) mass is 719 g/mol. The van der Waals surface area contributed by atoms with Gasteiger partial charge in [0, 0.05) is 44.0 Å². The van der Waals surface area contributed by atoms with E-state index in [1.807, 2.05) is 133 Å². The first-order valence-electron chi connectivity index (χ1n) is 18.4. The van der Waals surface area contributed by atoms with Gasteiger partial charge in [-0.1, -0.05) is 152 Å². The molecule has 7 nitrogen and oxygen atoms in total. The van der Waals surface area contributed by atoms with E-state index in [9.17, 15) is 0 Å². The zero-order valence-electron chi connectivity index (χ0n) is 29.8. The summed E-state index contributed by atoms with van der Waals surface area (Å²) in [6.45, 7) is 0. The zero-order valence-corrected chi connectivity index (χ0v) is 29.8. The molecule has 0 spiro atoms. The molecule has 11 rings (SSSR count). The summed E-state index contributed by atoms with van der Waals surface area (Å²) in [7, 11) is 0. The molecule has 4 heterocycles. The second-order valence-electron chi connectivity index (χ2n) is 13.6. The molecule has 7 aromatic carbocycles. The molecule has 0 N–H and O–H groups in total. The molecule has 0 fully saturated rings. The van der Waals surface area contributed by atoms with Gasteiger partial charge >= 0.3 is 0 Å². The van der Waals surface area contributed by atoms with Crippen LogP contribution in [0, 0.1) is 0 Å². The summed E-state index contributed by atoms with van der Waals surface area (Å²) in [5, 5.41) is 2.67. The maximum atomic E-state index is 6.57.